The van der Waals surface area contributed by atoms with E-state index in [-0.39, 0.29) is 23.4 Å². The van der Waals surface area contributed by atoms with Crippen molar-refractivity contribution in [3.05, 3.63) is 28.2 Å². The Morgan fingerprint density at radius 3 is 2.41 bits per heavy atom. The van der Waals surface area contributed by atoms with Crippen LogP contribution in [0.5, 0.6) is 0 Å². The van der Waals surface area contributed by atoms with Crippen LogP contribution in [0.25, 0.3) is 0 Å². The molecule has 1 aromatic rings. The second-order valence-electron chi connectivity index (χ2n) is 4.55. The molecule has 1 aromatic carbocycles. The first-order valence-electron chi connectivity index (χ1n) is 6.48. The Hall–Kier alpha value is -1.45. The van der Waals surface area contributed by atoms with Crippen molar-refractivity contribution in [2.75, 3.05) is 6.54 Å². The van der Waals surface area contributed by atoms with Crippen LogP contribution < -0.4 is 4.72 Å². The number of sulfonamides is 1. The summed E-state index contributed by atoms with van der Waals surface area (Å²) in [6, 6.07) is 3.76. The maximum atomic E-state index is 12.0. The van der Waals surface area contributed by atoms with Crippen LogP contribution in [0.1, 0.15) is 36.0 Å². The summed E-state index contributed by atoms with van der Waals surface area (Å²) in [6.07, 6.45) is 1.64. The van der Waals surface area contributed by atoms with Crippen molar-refractivity contribution in [1.29, 1.82) is 0 Å². The zero-order valence-corrected chi connectivity index (χ0v) is 14.0. The molecule has 3 N–H and O–H groups in total. The van der Waals surface area contributed by atoms with E-state index in [0.29, 0.717) is 23.7 Å². The van der Waals surface area contributed by atoms with Gasteiger partial charge >= 0.3 is 11.9 Å². The number of carboxylic acid groups (broad SMARTS) is 2. The number of benzene rings is 1. The van der Waals surface area contributed by atoms with Gasteiger partial charge in [0.2, 0.25) is 10.0 Å². The van der Waals surface area contributed by atoms with Gasteiger partial charge in [0.1, 0.15) is 0 Å². The minimum Gasteiger partial charge on any atom is -0.481 e. The summed E-state index contributed by atoms with van der Waals surface area (Å²) in [5.74, 6) is -2.10. The maximum absolute atomic E-state index is 12.0. The molecule has 22 heavy (non-hydrogen) atoms. The smallest absolute Gasteiger partial charge is 0.336 e. The van der Waals surface area contributed by atoms with E-state index in [1.807, 2.05) is 0 Å². The Labute approximate surface area is 136 Å². The molecule has 0 saturated heterocycles. The third-order valence-corrected chi connectivity index (χ3v) is 4.99. The van der Waals surface area contributed by atoms with E-state index in [1.165, 1.54) is 12.1 Å². The number of carboxylic acids is 2. The summed E-state index contributed by atoms with van der Waals surface area (Å²) in [7, 11) is -3.79. The number of aliphatic carboxylic acids is 1. The van der Waals surface area contributed by atoms with Gasteiger partial charge in [-0.05, 0) is 47.0 Å². The molecule has 0 radical (unpaired) electrons. The highest BCUT2D eigenvalue weighted by molar-refractivity contribution is 9.10. The van der Waals surface area contributed by atoms with E-state index in [4.69, 9.17) is 10.2 Å². The van der Waals surface area contributed by atoms with Crippen molar-refractivity contribution in [3.8, 4) is 0 Å². The molecule has 0 aromatic heterocycles. The van der Waals surface area contributed by atoms with E-state index in [2.05, 4.69) is 20.7 Å². The molecule has 0 fully saturated rings. The number of unbranched alkanes of at least 4 members (excludes halogenated alkanes) is 2. The third-order valence-electron chi connectivity index (χ3n) is 2.84. The summed E-state index contributed by atoms with van der Waals surface area (Å²) in [6.45, 7) is 0.167. The average molecular weight is 394 g/mol. The van der Waals surface area contributed by atoms with Gasteiger partial charge in [-0.15, -0.1) is 0 Å². The monoisotopic (exact) mass is 393 g/mol. The van der Waals surface area contributed by atoms with E-state index in [0.717, 1.165) is 6.07 Å². The molecular formula is C13H16BrNO6S. The summed E-state index contributed by atoms with van der Waals surface area (Å²) >= 11 is 3.05. The predicted octanol–water partition coefficient (Wildman–Crippen LogP) is 2.07. The fraction of sp³-hybridized carbons (Fsp3) is 0.385. The maximum Gasteiger partial charge on any atom is 0.336 e. The number of hydrogen-bond donors (Lipinski definition) is 3. The van der Waals surface area contributed by atoms with Crippen LogP contribution in [0.15, 0.2) is 27.6 Å². The molecular weight excluding hydrogens is 378 g/mol. The summed E-state index contributed by atoms with van der Waals surface area (Å²) in [4.78, 5) is 21.2. The van der Waals surface area contributed by atoms with E-state index >= 15 is 0 Å². The lowest BCUT2D eigenvalue weighted by atomic mass is 10.2. The average Bonchev–Trinajstić information content (AvgIpc) is 2.42. The van der Waals surface area contributed by atoms with Gasteiger partial charge in [0.15, 0.2) is 0 Å². The normalized spacial score (nSPS) is 11.3. The van der Waals surface area contributed by atoms with Crippen LogP contribution in [-0.4, -0.2) is 37.1 Å². The highest BCUT2D eigenvalue weighted by Crippen LogP contribution is 2.21. The fourth-order valence-electron chi connectivity index (χ4n) is 1.70. The van der Waals surface area contributed by atoms with Gasteiger partial charge in [0.25, 0.3) is 0 Å². The molecule has 0 heterocycles. The van der Waals surface area contributed by atoms with Gasteiger partial charge in [0.05, 0.1) is 10.5 Å². The molecule has 0 aliphatic heterocycles. The molecule has 0 amide bonds. The van der Waals surface area contributed by atoms with Crippen LogP contribution in [0.4, 0.5) is 0 Å². The first kappa shape index (κ1) is 18.6. The number of nitrogens with one attached hydrogen (secondary N) is 1. The zero-order chi connectivity index (χ0) is 16.8. The first-order valence-corrected chi connectivity index (χ1v) is 8.76. The second kappa shape index (κ2) is 8.25. The molecule has 0 aliphatic carbocycles. The highest BCUT2D eigenvalue weighted by atomic mass is 79.9. The SMILES string of the molecule is O=C(O)CCCCCNS(=O)(=O)c1ccc(Br)c(C(=O)O)c1. The Morgan fingerprint density at radius 1 is 1.14 bits per heavy atom. The molecule has 0 spiro atoms. The lowest BCUT2D eigenvalue weighted by molar-refractivity contribution is -0.137. The minimum atomic E-state index is -3.79. The van der Waals surface area contributed by atoms with Crippen LogP contribution in [-0.2, 0) is 14.8 Å². The quantitative estimate of drug-likeness (QED) is 0.552. The molecule has 0 bridgehead atoms. The molecule has 9 heteroatoms. The number of hydrogen-bond acceptors (Lipinski definition) is 4. The van der Waals surface area contributed by atoms with Crippen LogP contribution in [0, 0.1) is 0 Å². The third kappa shape index (κ3) is 5.74. The van der Waals surface area contributed by atoms with Gasteiger partial charge in [-0.1, -0.05) is 6.42 Å². The Bertz CT molecular complexity index is 658. The number of carbonyl (C=O) groups is 2. The second-order valence-corrected chi connectivity index (χ2v) is 7.17. The number of aromatic carboxylic acids is 1. The molecule has 1 rings (SSSR count). The molecule has 0 atom stereocenters. The molecule has 7 nitrogen and oxygen atoms in total. The first-order chi connectivity index (χ1) is 10.2. The topological polar surface area (TPSA) is 121 Å². The highest BCUT2D eigenvalue weighted by Gasteiger charge is 2.17. The summed E-state index contributed by atoms with van der Waals surface area (Å²) in [5, 5.41) is 17.5. The fourth-order valence-corrected chi connectivity index (χ4v) is 3.22. The van der Waals surface area contributed by atoms with Crippen molar-refractivity contribution in [3.63, 3.8) is 0 Å². The summed E-state index contributed by atoms with van der Waals surface area (Å²) in [5.41, 5.74) is -0.135. The lowest BCUT2D eigenvalue weighted by Crippen LogP contribution is -2.25. The standard InChI is InChI=1S/C13H16BrNO6S/c14-11-6-5-9(8-10(11)13(18)19)22(20,21)15-7-3-1-2-4-12(16)17/h5-6,8,15H,1-4,7H2,(H,16,17)(H,18,19). The molecule has 0 saturated carbocycles. The molecule has 122 valence electrons. The van der Waals surface area contributed by atoms with Crippen molar-refractivity contribution in [2.24, 2.45) is 0 Å². The Morgan fingerprint density at radius 2 is 1.82 bits per heavy atom. The number of halogens is 1. The largest absolute Gasteiger partial charge is 0.481 e. The van der Waals surface area contributed by atoms with Crippen LogP contribution >= 0.6 is 15.9 Å². The van der Waals surface area contributed by atoms with Gasteiger partial charge < -0.3 is 10.2 Å². The van der Waals surface area contributed by atoms with Crippen molar-refractivity contribution in [2.45, 2.75) is 30.6 Å². The van der Waals surface area contributed by atoms with Gasteiger partial charge in [-0.25, -0.2) is 17.9 Å². The predicted molar refractivity (Wildman–Crippen MR) is 82.4 cm³/mol. The van der Waals surface area contributed by atoms with E-state index in [1.54, 1.807) is 0 Å². The number of rotatable bonds is 9. The zero-order valence-electron chi connectivity index (χ0n) is 11.6. The van der Waals surface area contributed by atoms with Crippen molar-refractivity contribution in [1.82, 2.24) is 4.72 Å². The van der Waals surface area contributed by atoms with Crippen molar-refractivity contribution < 1.29 is 28.2 Å². The van der Waals surface area contributed by atoms with Gasteiger partial charge in [-0.2, -0.15) is 0 Å². The van der Waals surface area contributed by atoms with Crippen molar-refractivity contribution >= 4 is 37.9 Å². The lowest BCUT2D eigenvalue weighted by Gasteiger charge is -2.08. The Kier molecular flexibility index (Phi) is 6.98. The van der Waals surface area contributed by atoms with E-state index in [9.17, 15) is 18.0 Å². The van der Waals surface area contributed by atoms with Gasteiger partial charge in [0, 0.05) is 17.4 Å². The van der Waals surface area contributed by atoms with Gasteiger partial charge in [-0.3, -0.25) is 4.79 Å². The minimum absolute atomic E-state index is 0.0570. The van der Waals surface area contributed by atoms with E-state index < -0.39 is 22.0 Å². The molecule has 0 aliphatic rings. The Balaban J connectivity index is 2.61. The van der Waals surface area contributed by atoms with Crippen LogP contribution in [0.2, 0.25) is 0 Å². The van der Waals surface area contributed by atoms with Crippen LogP contribution in [0.3, 0.4) is 0 Å². The molecule has 0 unspecified atom stereocenters. The summed E-state index contributed by atoms with van der Waals surface area (Å²) < 4.78 is 26.8.